The number of aromatic nitrogens is 2. The van der Waals surface area contributed by atoms with Crippen LogP contribution in [0, 0.1) is 5.82 Å². The molecule has 0 radical (unpaired) electrons. The predicted octanol–water partition coefficient (Wildman–Crippen LogP) is 3.18. The van der Waals surface area contributed by atoms with Crippen LogP contribution >= 0.6 is 0 Å². The molecule has 0 fully saturated rings. The van der Waals surface area contributed by atoms with Crippen molar-refractivity contribution in [1.29, 1.82) is 0 Å². The Balaban J connectivity index is 2.01. The first-order valence-corrected chi connectivity index (χ1v) is 6.83. The van der Waals surface area contributed by atoms with E-state index in [9.17, 15) is 22.4 Å². The van der Waals surface area contributed by atoms with Crippen LogP contribution in [-0.2, 0) is 17.3 Å². The van der Waals surface area contributed by atoms with E-state index in [-0.39, 0.29) is 17.3 Å². The van der Waals surface area contributed by atoms with Gasteiger partial charge in [-0.2, -0.15) is 18.2 Å². The molecule has 0 aliphatic carbocycles. The number of carbonyl (C=O) groups is 1. The Morgan fingerprint density at radius 3 is 2.75 bits per heavy atom. The Kier molecular flexibility index (Phi) is 5.37. The molecule has 1 amide bonds. The van der Waals surface area contributed by atoms with E-state index < -0.39 is 23.7 Å². The first kappa shape index (κ1) is 17.7. The summed E-state index contributed by atoms with van der Waals surface area (Å²) in [7, 11) is 1.23. The number of amides is 1. The summed E-state index contributed by atoms with van der Waals surface area (Å²) in [6, 6.07) is 2.08. The third kappa shape index (κ3) is 4.43. The van der Waals surface area contributed by atoms with E-state index in [1.807, 2.05) is 0 Å². The van der Waals surface area contributed by atoms with Crippen molar-refractivity contribution in [3.8, 4) is 11.4 Å². The molecule has 2 rings (SSSR count). The molecule has 0 saturated heterocycles. The number of ether oxygens (including phenoxy) is 1. The van der Waals surface area contributed by atoms with Crippen LogP contribution in [0.15, 0.2) is 22.7 Å². The molecule has 0 saturated carbocycles. The second kappa shape index (κ2) is 7.28. The Labute approximate surface area is 133 Å². The van der Waals surface area contributed by atoms with E-state index in [4.69, 9.17) is 4.52 Å². The van der Waals surface area contributed by atoms with Crippen molar-refractivity contribution in [2.75, 3.05) is 13.7 Å². The summed E-state index contributed by atoms with van der Waals surface area (Å²) in [6.07, 6.45) is -4.44. The minimum atomic E-state index is -4.63. The number of aryl methyl sites for hydroxylation is 1. The molecule has 1 heterocycles. The van der Waals surface area contributed by atoms with Crippen molar-refractivity contribution >= 4 is 6.09 Å². The highest BCUT2D eigenvalue weighted by molar-refractivity contribution is 5.66. The van der Waals surface area contributed by atoms with Crippen molar-refractivity contribution in [2.24, 2.45) is 0 Å². The Morgan fingerprint density at radius 1 is 1.38 bits per heavy atom. The first-order chi connectivity index (χ1) is 11.3. The number of nitrogens with zero attached hydrogens (tertiary/aromatic N) is 2. The van der Waals surface area contributed by atoms with E-state index in [2.05, 4.69) is 20.2 Å². The largest absolute Gasteiger partial charge is 0.453 e. The van der Waals surface area contributed by atoms with Gasteiger partial charge in [0.15, 0.2) is 0 Å². The summed E-state index contributed by atoms with van der Waals surface area (Å²) >= 11 is 0. The minimum Gasteiger partial charge on any atom is -0.453 e. The molecular weight excluding hydrogens is 334 g/mol. The fourth-order valence-corrected chi connectivity index (χ4v) is 1.84. The molecule has 2 aromatic rings. The number of hydrogen-bond acceptors (Lipinski definition) is 5. The number of alkyl halides is 3. The van der Waals surface area contributed by atoms with Gasteiger partial charge in [0.1, 0.15) is 5.82 Å². The van der Waals surface area contributed by atoms with Crippen molar-refractivity contribution in [2.45, 2.75) is 19.0 Å². The second-order valence-electron chi connectivity index (χ2n) is 4.73. The van der Waals surface area contributed by atoms with E-state index >= 15 is 0 Å². The highest BCUT2D eigenvalue weighted by Gasteiger charge is 2.31. The topological polar surface area (TPSA) is 77.2 Å². The number of rotatable bonds is 5. The van der Waals surface area contributed by atoms with Gasteiger partial charge >= 0.3 is 12.3 Å². The number of hydrogen-bond donors (Lipinski definition) is 1. The van der Waals surface area contributed by atoms with Gasteiger partial charge in [-0.25, -0.2) is 9.18 Å². The SMILES string of the molecule is COC(=O)NCCCc1nc(-c2ccc(C(F)(F)F)cc2F)no1. The van der Waals surface area contributed by atoms with Crippen LogP contribution in [0.25, 0.3) is 11.4 Å². The molecule has 0 unspecified atom stereocenters. The fourth-order valence-electron chi connectivity index (χ4n) is 1.84. The Bertz CT molecular complexity index is 716. The molecular formula is C14H13F4N3O3. The maximum Gasteiger partial charge on any atom is 0.416 e. The summed E-state index contributed by atoms with van der Waals surface area (Å²) < 4.78 is 60.6. The lowest BCUT2D eigenvalue weighted by Crippen LogP contribution is -2.24. The van der Waals surface area contributed by atoms with Gasteiger partial charge in [0.05, 0.1) is 18.2 Å². The normalized spacial score (nSPS) is 11.4. The van der Waals surface area contributed by atoms with Crippen LogP contribution in [0.4, 0.5) is 22.4 Å². The van der Waals surface area contributed by atoms with Gasteiger partial charge in [0.2, 0.25) is 11.7 Å². The Morgan fingerprint density at radius 2 is 2.12 bits per heavy atom. The van der Waals surface area contributed by atoms with Gasteiger partial charge in [0.25, 0.3) is 0 Å². The lowest BCUT2D eigenvalue weighted by Gasteiger charge is -2.07. The summed E-state index contributed by atoms with van der Waals surface area (Å²) in [5.74, 6) is -1.06. The van der Waals surface area contributed by atoms with Crippen molar-refractivity contribution < 1.29 is 31.6 Å². The Hall–Kier alpha value is -2.65. The predicted molar refractivity (Wildman–Crippen MR) is 73.4 cm³/mol. The van der Waals surface area contributed by atoms with Crippen LogP contribution in [0.3, 0.4) is 0 Å². The zero-order valence-corrected chi connectivity index (χ0v) is 12.5. The maximum absolute atomic E-state index is 13.8. The maximum atomic E-state index is 13.8. The zero-order valence-electron chi connectivity index (χ0n) is 12.5. The molecule has 130 valence electrons. The third-order valence-corrected chi connectivity index (χ3v) is 3.03. The highest BCUT2D eigenvalue weighted by atomic mass is 19.4. The van der Waals surface area contributed by atoms with Crippen molar-refractivity contribution in [3.05, 3.63) is 35.5 Å². The molecule has 10 heteroatoms. The first-order valence-electron chi connectivity index (χ1n) is 6.83. The summed E-state index contributed by atoms with van der Waals surface area (Å²) in [5.41, 5.74) is -1.29. The van der Waals surface area contributed by atoms with Crippen LogP contribution in [0.1, 0.15) is 17.9 Å². The molecule has 24 heavy (non-hydrogen) atoms. The van der Waals surface area contributed by atoms with Gasteiger partial charge in [-0.05, 0) is 24.6 Å². The molecule has 1 aromatic heterocycles. The number of carbonyl (C=O) groups excluding carboxylic acids is 1. The van der Waals surface area contributed by atoms with Gasteiger partial charge in [-0.1, -0.05) is 5.16 Å². The number of nitrogens with one attached hydrogen (secondary N) is 1. The fraction of sp³-hybridized carbons (Fsp3) is 0.357. The summed E-state index contributed by atoms with van der Waals surface area (Å²) in [6.45, 7) is 0.305. The van der Waals surface area contributed by atoms with Crippen LogP contribution in [-0.4, -0.2) is 29.9 Å². The molecule has 1 aromatic carbocycles. The second-order valence-corrected chi connectivity index (χ2v) is 4.73. The molecule has 1 N–H and O–H groups in total. The molecule has 6 nitrogen and oxygen atoms in total. The molecule has 0 bridgehead atoms. The monoisotopic (exact) mass is 347 g/mol. The molecule has 0 aliphatic rings. The van der Waals surface area contributed by atoms with Crippen molar-refractivity contribution in [1.82, 2.24) is 15.5 Å². The van der Waals surface area contributed by atoms with Crippen LogP contribution in [0.5, 0.6) is 0 Å². The molecule has 0 aliphatic heterocycles. The summed E-state index contributed by atoms with van der Waals surface area (Å²) in [4.78, 5) is 14.8. The standard InChI is InChI=1S/C14H13F4N3O3/c1-23-13(22)19-6-2-3-11-20-12(21-24-11)9-5-4-8(7-10(9)15)14(16,17)18/h4-5,7H,2-3,6H2,1H3,(H,19,22). The van der Waals surface area contributed by atoms with Gasteiger partial charge in [-0.3, -0.25) is 0 Å². The number of benzene rings is 1. The molecule has 0 spiro atoms. The van der Waals surface area contributed by atoms with Gasteiger partial charge < -0.3 is 14.6 Å². The smallest absolute Gasteiger partial charge is 0.416 e. The minimum absolute atomic E-state index is 0.142. The van der Waals surface area contributed by atoms with Crippen LogP contribution in [0.2, 0.25) is 0 Å². The van der Waals surface area contributed by atoms with E-state index in [0.717, 1.165) is 12.1 Å². The van der Waals surface area contributed by atoms with Gasteiger partial charge in [0, 0.05) is 13.0 Å². The van der Waals surface area contributed by atoms with E-state index in [1.165, 1.54) is 7.11 Å². The van der Waals surface area contributed by atoms with E-state index in [0.29, 0.717) is 25.5 Å². The molecule has 0 atom stereocenters. The highest BCUT2D eigenvalue weighted by Crippen LogP contribution is 2.32. The van der Waals surface area contributed by atoms with Crippen LogP contribution < -0.4 is 5.32 Å². The third-order valence-electron chi connectivity index (χ3n) is 3.03. The quantitative estimate of drug-likeness (QED) is 0.664. The number of halogens is 4. The average molecular weight is 347 g/mol. The zero-order chi connectivity index (χ0) is 17.7. The van der Waals surface area contributed by atoms with Gasteiger partial charge in [-0.15, -0.1) is 0 Å². The van der Waals surface area contributed by atoms with E-state index in [1.54, 1.807) is 0 Å². The summed E-state index contributed by atoms with van der Waals surface area (Å²) in [5, 5.41) is 6.00. The lowest BCUT2D eigenvalue weighted by atomic mass is 10.1. The average Bonchev–Trinajstić information content (AvgIpc) is 2.98. The number of alkyl carbamates (subject to hydrolysis) is 1. The number of methoxy groups -OCH3 is 1. The lowest BCUT2D eigenvalue weighted by molar-refractivity contribution is -0.137. The van der Waals surface area contributed by atoms with Crippen molar-refractivity contribution in [3.63, 3.8) is 0 Å².